The SMILES string of the molecule is CN(C)C1CCC(C#N)(C(=O)O)CC1. The Morgan fingerprint density at radius 2 is 2.00 bits per heavy atom. The number of hydrogen-bond acceptors (Lipinski definition) is 3. The fourth-order valence-electron chi connectivity index (χ4n) is 1.99. The highest BCUT2D eigenvalue weighted by Crippen LogP contribution is 2.37. The van der Waals surface area contributed by atoms with Crippen molar-refractivity contribution >= 4 is 5.97 Å². The van der Waals surface area contributed by atoms with Crippen molar-refractivity contribution < 1.29 is 9.90 Å². The van der Waals surface area contributed by atoms with Gasteiger partial charge in [-0.2, -0.15) is 5.26 Å². The summed E-state index contributed by atoms with van der Waals surface area (Å²) in [6.07, 6.45) is 2.54. The molecular weight excluding hydrogens is 180 g/mol. The molecule has 0 heterocycles. The van der Waals surface area contributed by atoms with Gasteiger partial charge in [0.25, 0.3) is 0 Å². The lowest BCUT2D eigenvalue weighted by atomic mass is 9.73. The van der Waals surface area contributed by atoms with E-state index in [0.29, 0.717) is 18.9 Å². The fraction of sp³-hybridized carbons (Fsp3) is 0.800. The first kappa shape index (κ1) is 11.0. The van der Waals surface area contributed by atoms with Crippen molar-refractivity contribution in [3.05, 3.63) is 0 Å². The molecule has 0 spiro atoms. The van der Waals surface area contributed by atoms with Gasteiger partial charge < -0.3 is 10.0 Å². The number of aliphatic carboxylic acids is 1. The van der Waals surface area contributed by atoms with Gasteiger partial charge in [0.05, 0.1) is 6.07 Å². The van der Waals surface area contributed by atoms with Crippen LogP contribution in [0.2, 0.25) is 0 Å². The maximum absolute atomic E-state index is 10.9. The minimum atomic E-state index is -1.12. The van der Waals surface area contributed by atoms with Gasteiger partial charge >= 0.3 is 5.97 Å². The second-order valence-electron chi connectivity index (χ2n) is 4.19. The van der Waals surface area contributed by atoms with Crippen LogP contribution < -0.4 is 0 Å². The molecule has 78 valence electrons. The van der Waals surface area contributed by atoms with Crippen LogP contribution in [0.1, 0.15) is 25.7 Å². The van der Waals surface area contributed by atoms with Gasteiger partial charge in [0.1, 0.15) is 0 Å². The fourth-order valence-corrected chi connectivity index (χ4v) is 1.99. The van der Waals surface area contributed by atoms with Gasteiger partial charge in [0, 0.05) is 6.04 Å². The lowest BCUT2D eigenvalue weighted by Crippen LogP contribution is -2.40. The molecule has 0 radical (unpaired) electrons. The Labute approximate surface area is 84.1 Å². The number of carbonyl (C=O) groups is 1. The van der Waals surface area contributed by atoms with Gasteiger partial charge in [-0.3, -0.25) is 4.79 Å². The third-order valence-electron chi connectivity index (χ3n) is 3.16. The zero-order valence-corrected chi connectivity index (χ0v) is 8.66. The summed E-state index contributed by atoms with van der Waals surface area (Å²) in [6.45, 7) is 0. The van der Waals surface area contributed by atoms with Crippen LogP contribution in [-0.4, -0.2) is 36.1 Å². The van der Waals surface area contributed by atoms with E-state index in [4.69, 9.17) is 10.4 Å². The summed E-state index contributed by atoms with van der Waals surface area (Å²) in [6, 6.07) is 2.38. The molecule has 1 saturated carbocycles. The Morgan fingerprint density at radius 1 is 1.50 bits per heavy atom. The summed E-state index contributed by atoms with van der Waals surface area (Å²) in [7, 11) is 3.98. The molecule has 1 rings (SSSR count). The molecule has 0 aromatic carbocycles. The molecule has 0 unspecified atom stereocenters. The van der Waals surface area contributed by atoms with Gasteiger partial charge in [-0.05, 0) is 39.8 Å². The summed E-state index contributed by atoms with van der Waals surface area (Å²) in [4.78, 5) is 13.0. The summed E-state index contributed by atoms with van der Waals surface area (Å²) in [5.74, 6) is -0.961. The van der Waals surface area contributed by atoms with E-state index in [2.05, 4.69) is 4.90 Å². The lowest BCUT2D eigenvalue weighted by molar-refractivity contribution is -0.147. The molecule has 1 aliphatic carbocycles. The summed E-state index contributed by atoms with van der Waals surface area (Å²) in [5, 5.41) is 17.9. The third kappa shape index (κ3) is 1.88. The second kappa shape index (κ2) is 3.97. The standard InChI is InChI=1S/C10H16N2O2/c1-12(2)8-3-5-10(7-11,6-4-8)9(13)14/h8H,3-6H2,1-2H3,(H,13,14). The lowest BCUT2D eigenvalue weighted by Gasteiger charge is -2.34. The van der Waals surface area contributed by atoms with Crippen molar-refractivity contribution in [3.63, 3.8) is 0 Å². The van der Waals surface area contributed by atoms with Gasteiger partial charge in [-0.15, -0.1) is 0 Å². The molecule has 0 saturated heterocycles. The summed E-state index contributed by atoms with van der Waals surface area (Å²) in [5.41, 5.74) is -1.12. The Hall–Kier alpha value is -1.08. The normalized spacial score (nSPS) is 32.6. The molecule has 0 aromatic rings. The maximum atomic E-state index is 10.9. The zero-order valence-electron chi connectivity index (χ0n) is 8.66. The third-order valence-corrected chi connectivity index (χ3v) is 3.16. The molecule has 0 aliphatic heterocycles. The summed E-state index contributed by atoms with van der Waals surface area (Å²) < 4.78 is 0. The zero-order chi connectivity index (χ0) is 10.8. The van der Waals surface area contributed by atoms with E-state index in [0.717, 1.165) is 12.8 Å². The van der Waals surface area contributed by atoms with E-state index in [1.54, 1.807) is 0 Å². The quantitative estimate of drug-likeness (QED) is 0.718. The van der Waals surface area contributed by atoms with Crippen molar-refractivity contribution in [2.24, 2.45) is 5.41 Å². The first-order valence-electron chi connectivity index (χ1n) is 4.83. The van der Waals surface area contributed by atoms with Crippen LogP contribution in [0.5, 0.6) is 0 Å². The van der Waals surface area contributed by atoms with Crippen molar-refractivity contribution in [2.45, 2.75) is 31.7 Å². The molecule has 0 bridgehead atoms. The Morgan fingerprint density at radius 3 is 2.29 bits per heavy atom. The van der Waals surface area contributed by atoms with Crippen LogP contribution in [0, 0.1) is 16.7 Å². The predicted molar refractivity (Wildman–Crippen MR) is 51.6 cm³/mol. The van der Waals surface area contributed by atoms with E-state index >= 15 is 0 Å². The molecule has 4 heteroatoms. The van der Waals surface area contributed by atoms with E-state index in [1.165, 1.54) is 0 Å². The Kier molecular flexibility index (Phi) is 3.12. The van der Waals surface area contributed by atoms with Crippen molar-refractivity contribution in [1.82, 2.24) is 4.90 Å². The number of hydrogen-bond donors (Lipinski definition) is 1. The maximum Gasteiger partial charge on any atom is 0.324 e. The minimum Gasteiger partial charge on any atom is -0.480 e. The average Bonchev–Trinajstić information content (AvgIpc) is 2.17. The first-order valence-corrected chi connectivity index (χ1v) is 4.83. The van der Waals surface area contributed by atoms with Crippen LogP contribution in [-0.2, 0) is 4.79 Å². The molecule has 1 fully saturated rings. The van der Waals surface area contributed by atoms with E-state index in [9.17, 15) is 4.79 Å². The minimum absolute atomic E-state index is 0.427. The average molecular weight is 196 g/mol. The van der Waals surface area contributed by atoms with Crippen molar-refractivity contribution in [1.29, 1.82) is 5.26 Å². The Balaban J connectivity index is 2.65. The summed E-state index contributed by atoms with van der Waals surface area (Å²) >= 11 is 0. The first-order chi connectivity index (χ1) is 6.52. The molecule has 14 heavy (non-hydrogen) atoms. The van der Waals surface area contributed by atoms with Gasteiger partial charge in [-0.1, -0.05) is 0 Å². The number of nitriles is 1. The molecule has 4 nitrogen and oxygen atoms in total. The monoisotopic (exact) mass is 196 g/mol. The number of carboxylic acid groups (broad SMARTS) is 1. The van der Waals surface area contributed by atoms with E-state index < -0.39 is 11.4 Å². The number of nitrogens with zero attached hydrogens (tertiary/aromatic N) is 2. The highest BCUT2D eigenvalue weighted by atomic mass is 16.4. The highest BCUT2D eigenvalue weighted by Gasteiger charge is 2.42. The highest BCUT2D eigenvalue weighted by molar-refractivity contribution is 5.78. The second-order valence-corrected chi connectivity index (χ2v) is 4.19. The largest absolute Gasteiger partial charge is 0.480 e. The number of rotatable bonds is 2. The molecule has 0 atom stereocenters. The molecular formula is C10H16N2O2. The van der Waals surface area contributed by atoms with Crippen LogP contribution in [0.3, 0.4) is 0 Å². The topological polar surface area (TPSA) is 64.3 Å². The van der Waals surface area contributed by atoms with Crippen LogP contribution in [0.4, 0.5) is 0 Å². The van der Waals surface area contributed by atoms with Crippen molar-refractivity contribution in [2.75, 3.05) is 14.1 Å². The molecule has 1 aliphatic rings. The molecule has 0 aromatic heterocycles. The molecule has 0 amide bonds. The van der Waals surface area contributed by atoms with Crippen LogP contribution >= 0.6 is 0 Å². The van der Waals surface area contributed by atoms with Gasteiger partial charge in [-0.25, -0.2) is 0 Å². The molecule has 1 N–H and O–H groups in total. The van der Waals surface area contributed by atoms with Crippen molar-refractivity contribution in [3.8, 4) is 6.07 Å². The smallest absolute Gasteiger partial charge is 0.324 e. The van der Waals surface area contributed by atoms with Crippen LogP contribution in [0.15, 0.2) is 0 Å². The van der Waals surface area contributed by atoms with Gasteiger partial charge in [0.15, 0.2) is 5.41 Å². The number of carboxylic acids is 1. The predicted octanol–water partition coefficient (Wildman–Crippen LogP) is 1.09. The van der Waals surface area contributed by atoms with Crippen LogP contribution in [0.25, 0.3) is 0 Å². The Bertz CT molecular complexity index is 260. The van der Waals surface area contributed by atoms with E-state index in [1.807, 2.05) is 20.2 Å². The van der Waals surface area contributed by atoms with Gasteiger partial charge in [0.2, 0.25) is 0 Å². The van der Waals surface area contributed by atoms with E-state index in [-0.39, 0.29) is 0 Å².